The lowest BCUT2D eigenvalue weighted by Gasteiger charge is -2.15. The molecule has 0 aliphatic carbocycles. The van der Waals surface area contributed by atoms with Gasteiger partial charge in [-0.1, -0.05) is 308 Å². The van der Waals surface area contributed by atoms with E-state index >= 15 is 0 Å². The van der Waals surface area contributed by atoms with Crippen molar-refractivity contribution in [3.8, 4) is 0 Å². The van der Waals surface area contributed by atoms with Gasteiger partial charge in [-0.3, -0.25) is 9.59 Å². The Hall–Kier alpha value is -3.96. The molecule has 0 amide bonds. The Balaban J connectivity index is 3.50. The number of esters is 2. The fraction of sp³-hybridized carbons (Fsp3) is 0.671. The topological polar surface area (TPSA) is 72.8 Å². The minimum atomic E-state index is -0.781. The summed E-state index contributed by atoms with van der Waals surface area (Å²) in [6.45, 7) is 3.93. The highest BCUT2D eigenvalue weighted by molar-refractivity contribution is 5.70. The predicted octanol–water partition coefficient (Wildman–Crippen LogP) is 22.8. The Labute approximate surface area is 483 Å². The van der Waals surface area contributed by atoms with E-state index in [1.807, 2.05) is 0 Å². The number of carbonyl (C=O) groups is 2. The molecule has 0 radical (unpaired) electrons. The molecular formula is C73H122O5. The third-order valence-electron chi connectivity index (χ3n) is 13.9. The van der Waals surface area contributed by atoms with Crippen LogP contribution in [0.4, 0.5) is 0 Å². The SMILES string of the molecule is CC/C=C\C/C=C\C/C=C\C/C=C\C/C=C\C/C=C\C/C=C\CCCCCCCCCCCCCCCC(=O)OC(CO)COC(=O)CCCCCCCCCCCCCCCCCC/C=C\C/C=C\C/C=C\C/C=C\CC. The van der Waals surface area contributed by atoms with Gasteiger partial charge in [0.15, 0.2) is 6.10 Å². The summed E-state index contributed by atoms with van der Waals surface area (Å²) in [5.41, 5.74) is 0. The molecule has 5 nitrogen and oxygen atoms in total. The smallest absolute Gasteiger partial charge is 0.306 e. The molecule has 0 aromatic heterocycles. The molecule has 0 aliphatic rings. The van der Waals surface area contributed by atoms with E-state index in [1.165, 1.54) is 161 Å². The van der Waals surface area contributed by atoms with Crippen LogP contribution in [0.2, 0.25) is 0 Å². The fourth-order valence-corrected chi connectivity index (χ4v) is 9.12. The van der Waals surface area contributed by atoms with Crippen LogP contribution in [0, 0.1) is 0 Å². The average Bonchev–Trinajstić information content (AvgIpc) is 3.44. The molecule has 0 aromatic rings. The van der Waals surface area contributed by atoms with Crippen LogP contribution in [0.1, 0.15) is 296 Å². The number of unbranched alkanes of at least 4 members (excludes halogenated alkanes) is 29. The van der Waals surface area contributed by atoms with Gasteiger partial charge in [0.25, 0.3) is 0 Å². The van der Waals surface area contributed by atoms with Crippen LogP contribution in [-0.2, 0) is 19.1 Å². The number of hydrogen-bond donors (Lipinski definition) is 1. The van der Waals surface area contributed by atoms with Gasteiger partial charge in [-0.25, -0.2) is 0 Å². The third kappa shape index (κ3) is 64.6. The van der Waals surface area contributed by atoms with Crippen molar-refractivity contribution < 1.29 is 24.2 Å². The molecule has 0 fully saturated rings. The second-order valence-electron chi connectivity index (χ2n) is 21.4. The zero-order valence-electron chi connectivity index (χ0n) is 50.9. The number of carbonyl (C=O) groups excluding carboxylic acids is 2. The first-order valence-corrected chi connectivity index (χ1v) is 32.7. The highest BCUT2D eigenvalue weighted by atomic mass is 16.6. The van der Waals surface area contributed by atoms with E-state index in [2.05, 4.69) is 148 Å². The molecule has 78 heavy (non-hydrogen) atoms. The van der Waals surface area contributed by atoms with Gasteiger partial charge in [0.05, 0.1) is 6.61 Å². The number of ether oxygens (including phenoxy) is 2. The Morgan fingerprint density at radius 2 is 0.513 bits per heavy atom. The molecule has 1 N–H and O–H groups in total. The average molecular weight is 1080 g/mol. The molecule has 0 bridgehead atoms. The number of allylic oxidation sites excluding steroid dienone is 22. The first kappa shape index (κ1) is 74.0. The predicted molar refractivity (Wildman–Crippen MR) is 343 cm³/mol. The summed E-state index contributed by atoms with van der Waals surface area (Å²) in [5.74, 6) is -0.588. The molecule has 0 rings (SSSR count). The summed E-state index contributed by atoms with van der Waals surface area (Å²) in [6, 6.07) is 0. The zero-order chi connectivity index (χ0) is 56.2. The van der Waals surface area contributed by atoms with Gasteiger partial charge in [0.2, 0.25) is 0 Å². The van der Waals surface area contributed by atoms with Crippen LogP contribution >= 0.6 is 0 Å². The third-order valence-corrected chi connectivity index (χ3v) is 13.9. The van der Waals surface area contributed by atoms with Crippen molar-refractivity contribution in [1.82, 2.24) is 0 Å². The maximum atomic E-state index is 12.4. The maximum absolute atomic E-state index is 12.4. The van der Waals surface area contributed by atoms with Gasteiger partial charge in [0.1, 0.15) is 6.61 Å². The summed E-state index contributed by atoms with van der Waals surface area (Å²) < 4.78 is 10.7. The molecule has 0 saturated heterocycles. The first-order valence-electron chi connectivity index (χ1n) is 32.7. The summed E-state index contributed by atoms with van der Waals surface area (Å²) in [6.07, 6.45) is 100. The van der Waals surface area contributed by atoms with Gasteiger partial charge >= 0.3 is 11.9 Å². The summed E-state index contributed by atoms with van der Waals surface area (Å²) >= 11 is 0. The van der Waals surface area contributed by atoms with Crippen molar-refractivity contribution in [2.45, 2.75) is 302 Å². The van der Waals surface area contributed by atoms with Crippen molar-refractivity contribution in [3.05, 3.63) is 134 Å². The van der Waals surface area contributed by atoms with E-state index in [9.17, 15) is 14.7 Å². The normalized spacial score (nSPS) is 13.1. The molecule has 0 saturated carbocycles. The maximum Gasteiger partial charge on any atom is 0.306 e. The Morgan fingerprint density at radius 1 is 0.295 bits per heavy atom. The number of aliphatic hydroxyl groups excluding tert-OH is 1. The monoisotopic (exact) mass is 1080 g/mol. The summed E-state index contributed by atoms with van der Waals surface area (Å²) in [7, 11) is 0. The molecule has 0 aliphatic heterocycles. The van der Waals surface area contributed by atoms with Crippen LogP contribution in [0.15, 0.2) is 134 Å². The van der Waals surface area contributed by atoms with Crippen LogP contribution in [0.25, 0.3) is 0 Å². The van der Waals surface area contributed by atoms with E-state index in [-0.39, 0.29) is 25.2 Å². The number of hydrogen-bond acceptors (Lipinski definition) is 5. The quantitative estimate of drug-likeness (QED) is 0.0373. The van der Waals surface area contributed by atoms with Gasteiger partial charge in [-0.05, 0) is 109 Å². The largest absolute Gasteiger partial charge is 0.462 e. The van der Waals surface area contributed by atoms with Crippen LogP contribution in [0.3, 0.4) is 0 Å². The van der Waals surface area contributed by atoms with E-state index in [1.54, 1.807) is 0 Å². The van der Waals surface area contributed by atoms with Crippen LogP contribution in [0.5, 0.6) is 0 Å². The van der Waals surface area contributed by atoms with Gasteiger partial charge in [-0.15, -0.1) is 0 Å². The minimum absolute atomic E-state index is 0.0702. The summed E-state index contributed by atoms with van der Waals surface area (Å²) in [5, 5.41) is 9.69. The Kier molecular flexibility index (Phi) is 63.9. The minimum Gasteiger partial charge on any atom is -0.462 e. The molecule has 1 atom stereocenters. The molecule has 5 heteroatoms. The molecular weight excluding hydrogens is 957 g/mol. The van der Waals surface area contributed by atoms with E-state index < -0.39 is 6.10 Å². The second kappa shape index (κ2) is 67.3. The van der Waals surface area contributed by atoms with Crippen molar-refractivity contribution >= 4 is 11.9 Å². The van der Waals surface area contributed by atoms with Crippen molar-refractivity contribution in [2.75, 3.05) is 13.2 Å². The fourth-order valence-electron chi connectivity index (χ4n) is 9.12. The van der Waals surface area contributed by atoms with Crippen LogP contribution in [-0.4, -0.2) is 36.4 Å². The molecule has 0 heterocycles. The van der Waals surface area contributed by atoms with Crippen molar-refractivity contribution in [3.63, 3.8) is 0 Å². The zero-order valence-corrected chi connectivity index (χ0v) is 50.9. The van der Waals surface area contributed by atoms with Gasteiger partial charge < -0.3 is 14.6 Å². The van der Waals surface area contributed by atoms with Crippen molar-refractivity contribution in [1.29, 1.82) is 0 Å². The standard InChI is InChI=1S/C73H122O5/c1-3-5-7-9-11-13-15-17-19-21-23-25-27-29-31-33-34-35-36-37-38-40-42-44-46-48-50-52-54-56-58-60-62-64-66-68-73(76)78-71(69-74)70-77-72(75)67-65-63-61-59-57-55-53-51-49-47-45-43-41-39-32-30-28-26-24-22-20-18-16-14-12-10-8-6-4-2/h5-8,11-14,17-20,23-26,29,31,34-35,37-38,71,74H,3-4,9-10,15-16,21-22,27-28,30,32-33,36,39-70H2,1-2H3/b7-5-,8-6-,13-11-,14-12-,19-17-,20-18-,25-23-,26-24-,31-29-,35-34-,38-37-. The first-order chi connectivity index (χ1) is 38.6. The van der Waals surface area contributed by atoms with Crippen LogP contribution < -0.4 is 0 Å². The molecule has 0 spiro atoms. The lowest BCUT2D eigenvalue weighted by molar-refractivity contribution is -0.161. The lowest BCUT2D eigenvalue weighted by atomic mass is 10.0. The number of aliphatic hydroxyl groups is 1. The van der Waals surface area contributed by atoms with E-state index in [4.69, 9.17) is 9.47 Å². The van der Waals surface area contributed by atoms with Gasteiger partial charge in [0, 0.05) is 12.8 Å². The molecule has 444 valence electrons. The lowest BCUT2D eigenvalue weighted by Crippen LogP contribution is -2.28. The summed E-state index contributed by atoms with van der Waals surface area (Å²) in [4.78, 5) is 24.6. The molecule has 1 unspecified atom stereocenters. The van der Waals surface area contributed by atoms with E-state index in [0.29, 0.717) is 12.8 Å². The Morgan fingerprint density at radius 3 is 0.769 bits per heavy atom. The van der Waals surface area contributed by atoms with E-state index in [0.717, 1.165) is 109 Å². The Bertz CT molecular complexity index is 1600. The highest BCUT2D eigenvalue weighted by Crippen LogP contribution is 2.17. The van der Waals surface area contributed by atoms with Crippen molar-refractivity contribution in [2.24, 2.45) is 0 Å². The molecule has 0 aromatic carbocycles. The van der Waals surface area contributed by atoms with Gasteiger partial charge in [-0.2, -0.15) is 0 Å². The highest BCUT2D eigenvalue weighted by Gasteiger charge is 2.16. The second-order valence-corrected chi connectivity index (χ2v) is 21.4. The number of rotatable bonds is 59.